The molecule has 1 unspecified atom stereocenters. The molecule has 0 spiro atoms. The highest BCUT2D eigenvalue weighted by molar-refractivity contribution is 5.94. The lowest BCUT2D eigenvalue weighted by Gasteiger charge is -2.32. The molecule has 2 aliphatic rings. The van der Waals surface area contributed by atoms with Crippen LogP contribution in [0.3, 0.4) is 0 Å². The van der Waals surface area contributed by atoms with Crippen LogP contribution in [0.4, 0.5) is 0 Å². The van der Waals surface area contributed by atoms with E-state index in [1.807, 2.05) is 18.2 Å². The van der Waals surface area contributed by atoms with E-state index in [0.29, 0.717) is 13.0 Å². The molecule has 0 bridgehead atoms. The van der Waals surface area contributed by atoms with Gasteiger partial charge in [-0.3, -0.25) is 10.2 Å². The molecule has 2 aliphatic heterocycles. The molecule has 6 rings (SSSR count). The van der Waals surface area contributed by atoms with Crippen molar-refractivity contribution in [3.05, 3.63) is 102 Å². The third-order valence-corrected chi connectivity index (χ3v) is 8.50. The number of rotatable bonds is 11. The summed E-state index contributed by atoms with van der Waals surface area (Å²) in [4.78, 5) is 19.4. The fraction of sp³-hybridized carbons (Fsp3) is 0.353. The van der Waals surface area contributed by atoms with Crippen molar-refractivity contribution < 1.29 is 9.53 Å². The van der Waals surface area contributed by atoms with E-state index in [2.05, 4.69) is 92.8 Å². The van der Waals surface area contributed by atoms with Gasteiger partial charge in [-0.15, -0.1) is 0 Å². The van der Waals surface area contributed by atoms with Gasteiger partial charge in [0.25, 0.3) is 0 Å². The highest BCUT2D eigenvalue weighted by atomic mass is 16.5. The second kappa shape index (κ2) is 13.1. The molecule has 3 aromatic carbocycles. The standard InChI is InChI=1S/C34H40N6O2/c1-42-28-14-11-25(12-15-28)23-40-32(16-13-24-7-3-2-4-8-24)38-39-33(40)31(37-34(41)26-17-19-35-20-18-26)21-27-22-36-30-10-6-5-9-29(27)30/h2-12,14-15,22,26,31-32,35-36,38H,13,16-21,23H2,1H3,(H,37,41)/t31-,32?/m1/s1. The number of carbonyl (C=O) groups is 1. The number of piperidine rings is 1. The molecular weight excluding hydrogens is 524 g/mol. The number of methoxy groups -OCH3 is 1. The number of fused-ring (bicyclic) bond motifs is 1. The first-order valence-electron chi connectivity index (χ1n) is 15.0. The third-order valence-electron chi connectivity index (χ3n) is 8.50. The second-order valence-corrected chi connectivity index (χ2v) is 11.3. The maximum atomic E-state index is 13.6. The number of aromatic nitrogens is 1. The number of aryl methyl sites for hydroxylation is 1. The largest absolute Gasteiger partial charge is 0.497 e. The number of amides is 1. The first-order chi connectivity index (χ1) is 20.7. The van der Waals surface area contributed by atoms with Gasteiger partial charge in [0.05, 0.1) is 13.2 Å². The molecule has 2 atom stereocenters. The van der Waals surface area contributed by atoms with E-state index in [0.717, 1.165) is 61.4 Å². The van der Waals surface area contributed by atoms with Gasteiger partial charge in [-0.2, -0.15) is 5.10 Å². The number of amidine groups is 1. The normalized spacial score (nSPS) is 18.0. The summed E-state index contributed by atoms with van der Waals surface area (Å²) in [7, 11) is 1.68. The van der Waals surface area contributed by atoms with Gasteiger partial charge in [-0.25, -0.2) is 0 Å². The Morgan fingerprint density at radius 3 is 2.55 bits per heavy atom. The quantitative estimate of drug-likeness (QED) is 0.214. The van der Waals surface area contributed by atoms with Crippen molar-refractivity contribution in [3.8, 4) is 5.75 Å². The van der Waals surface area contributed by atoms with Gasteiger partial charge < -0.3 is 25.3 Å². The maximum absolute atomic E-state index is 13.6. The molecule has 1 saturated heterocycles. The molecule has 8 heteroatoms. The smallest absolute Gasteiger partial charge is 0.223 e. The van der Waals surface area contributed by atoms with E-state index in [-0.39, 0.29) is 24.0 Å². The topological polar surface area (TPSA) is 93.8 Å². The molecule has 4 aromatic rings. The minimum Gasteiger partial charge on any atom is -0.497 e. The van der Waals surface area contributed by atoms with E-state index >= 15 is 0 Å². The Morgan fingerprint density at radius 1 is 1.00 bits per heavy atom. The Hall–Kier alpha value is -4.30. The van der Waals surface area contributed by atoms with Gasteiger partial charge in [0, 0.05) is 36.0 Å². The Kier molecular flexibility index (Phi) is 8.70. The molecule has 8 nitrogen and oxygen atoms in total. The fourth-order valence-electron chi connectivity index (χ4n) is 6.10. The van der Waals surface area contributed by atoms with Gasteiger partial charge in [-0.1, -0.05) is 60.7 Å². The highest BCUT2D eigenvalue weighted by Crippen LogP contribution is 2.25. The molecule has 1 fully saturated rings. The number of nitrogens with one attached hydrogen (secondary N) is 4. The van der Waals surface area contributed by atoms with Crippen molar-refractivity contribution in [2.24, 2.45) is 11.0 Å². The van der Waals surface area contributed by atoms with Crippen molar-refractivity contribution in [2.75, 3.05) is 20.2 Å². The molecule has 42 heavy (non-hydrogen) atoms. The summed E-state index contributed by atoms with van der Waals surface area (Å²) in [5.41, 5.74) is 8.16. The molecular formula is C34H40N6O2. The van der Waals surface area contributed by atoms with Crippen LogP contribution in [0.15, 0.2) is 90.2 Å². The number of nitrogens with zero attached hydrogens (tertiary/aromatic N) is 2. The van der Waals surface area contributed by atoms with Gasteiger partial charge in [0.1, 0.15) is 17.8 Å². The predicted molar refractivity (Wildman–Crippen MR) is 167 cm³/mol. The summed E-state index contributed by atoms with van der Waals surface area (Å²) in [6.07, 6.45) is 6.23. The minimum absolute atomic E-state index is 0.00330. The number of benzene rings is 3. The van der Waals surface area contributed by atoms with Gasteiger partial charge in [0.15, 0.2) is 0 Å². The van der Waals surface area contributed by atoms with Gasteiger partial charge in [0.2, 0.25) is 5.91 Å². The molecule has 4 N–H and O–H groups in total. The minimum atomic E-state index is -0.279. The Labute approximate surface area is 247 Å². The molecule has 1 aromatic heterocycles. The lowest BCUT2D eigenvalue weighted by Crippen LogP contribution is -2.52. The number of hydrogen-bond acceptors (Lipinski definition) is 6. The zero-order chi connectivity index (χ0) is 28.7. The number of H-pyrrole nitrogens is 1. The zero-order valence-corrected chi connectivity index (χ0v) is 24.2. The van der Waals surface area contributed by atoms with E-state index in [1.54, 1.807) is 7.11 Å². The van der Waals surface area contributed by atoms with Crippen molar-refractivity contribution in [1.82, 2.24) is 25.9 Å². The van der Waals surface area contributed by atoms with Crippen LogP contribution in [-0.4, -0.2) is 54.0 Å². The van der Waals surface area contributed by atoms with E-state index in [1.165, 1.54) is 16.5 Å². The lowest BCUT2D eigenvalue weighted by molar-refractivity contribution is -0.126. The van der Waals surface area contributed by atoms with Crippen LogP contribution in [0.25, 0.3) is 10.9 Å². The highest BCUT2D eigenvalue weighted by Gasteiger charge is 2.35. The van der Waals surface area contributed by atoms with Crippen LogP contribution in [-0.2, 0) is 24.2 Å². The number of hydrogen-bond donors (Lipinski definition) is 4. The number of hydrazone groups is 1. The third kappa shape index (κ3) is 6.44. The summed E-state index contributed by atoms with van der Waals surface area (Å²) in [6.45, 7) is 2.42. The van der Waals surface area contributed by atoms with Gasteiger partial charge in [-0.05, 0) is 73.7 Å². The van der Waals surface area contributed by atoms with Crippen molar-refractivity contribution in [3.63, 3.8) is 0 Å². The number of aromatic amines is 1. The molecule has 1 amide bonds. The molecule has 218 valence electrons. The summed E-state index contributed by atoms with van der Waals surface area (Å²) < 4.78 is 5.40. The first kappa shape index (κ1) is 27.8. The number of ether oxygens (including phenoxy) is 1. The molecule has 3 heterocycles. The van der Waals surface area contributed by atoms with E-state index < -0.39 is 0 Å². The van der Waals surface area contributed by atoms with Crippen LogP contribution in [0, 0.1) is 5.92 Å². The van der Waals surface area contributed by atoms with E-state index in [9.17, 15) is 4.79 Å². The summed E-state index contributed by atoms with van der Waals surface area (Å²) >= 11 is 0. The van der Waals surface area contributed by atoms with Crippen molar-refractivity contribution in [2.45, 2.75) is 50.9 Å². The number of carbonyl (C=O) groups excluding carboxylic acids is 1. The zero-order valence-electron chi connectivity index (χ0n) is 24.2. The lowest BCUT2D eigenvalue weighted by atomic mass is 9.95. The van der Waals surface area contributed by atoms with Crippen molar-refractivity contribution in [1.29, 1.82) is 0 Å². The summed E-state index contributed by atoms with van der Waals surface area (Å²) in [6, 6.07) is 26.8. The fourth-order valence-corrected chi connectivity index (χ4v) is 6.10. The van der Waals surface area contributed by atoms with Crippen molar-refractivity contribution >= 4 is 22.6 Å². The van der Waals surface area contributed by atoms with Crippen LogP contribution in [0.1, 0.15) is 36.0 Å². The Bertz CT molecular complexity index is 1490. The molecule has 0 aliphatic carbocycles. The molecule has 0 radical (unpaired) electrons. The van der Waals surface area contributed by atoms with Crippen LogP contribution < -0.4 is 20.8 Å². The maximum Gasteiger partial charge on any atom is 0.223 e. The number of para-hydroxylation sites is 1. The predicted octanol–water partition coefficient (Wildman–Crippen LogP) is 4.58. The van der Waals surface area contributed by atoms with Crippen LogP contribution >= 0.6 is 0 Å². The SMILES string of the molecule is COc1ccc(CN2C([C@@H](Cc3c[nH]c4ccccc34)NC(=O)C3CCNCC3)=NNC2CCc2ccccc2)cc1. The summed E-state index contributed by atoms with van der Waals surface area (Å²) in [5.74, 6) is 1.83. The monoisotopic (exact) mass is 564 g/mol. The second-order valence-electron chi connectivity index (χ2n) is 11.3. The Balaban J connectivity index is 1.29. The van der Waals surface area contributed by atoms with E-state index in [4.69, 9.17) is 9.84 Å². The molecule has 0 saturated carbocycles. The average Bonchev–Trinajstić information content (AvgIpc) is 3.64. The first-order valence-corrected chi connectivity index (χ1v) is 15.0. The van der Waals surface area contributed by atoms with Gasteiger partial charge >= 0.3 is 0 Å². The Morgan fingerprint density at radius 2 is 1.76 bits per heavy atom. The average molecular weight is 565 g/mol. The van der Waals surface area contributed by atoms with Crippen LogP contribution in [0.2, 0.25) is 0 Å². The van der Waals surface area contributed by atoms with Crippen LogP contribution in [0.5, 0.6) is 5.75 Å². The summed E-state index contributed by atoms with van der Waals surface area (Å²) in [5, 5.41) is 12.9.